The van der Waals surface area contributed by atoms with Gasteiger partial charge in [0.25, 0.3) is 0 Å². The lowest BCUT2D eigenvalue weighted by atomic mass is 9.88. The molecule has 6 nitrogen and oxygen atoms in total. The van der Waals surface area contributed by atoms with E-state index in [1.807, 2.05) is 48.5 Å². The number of ether oxygens (including phenoxy) is 1. The van der Waals surface area contributed by atoms with Crippen LogP contribution < -0.4 is 15.8 Å². The fraction of sp³-hybridized carbons (Fsp3) is 0.0625. The summed E-state index contributed by atoms with van der Waals surface area (Å²) >= 11 is 0. The molecule has 0 spiro atoms. The van der Waals surface area contributed by atoms with Gasteiger partial charge in [-0.3, -0.25) is 0 Å². The lowest BCUT2D eigenvalue weighted by Crippen LogP contribution is -2.45. The normalized spacial score (nSPS) is 18.4. The molecule has 0 amide bonds. The van der Waals surface area contributed by atoms with Gasteiger partial charge in [-0.15, -0.1) is 0 Å². The molecular formula is C48H32N4O2. The van der Waals surface area contributed by atoms with Crippen molar-refractivity contribution < 1.29 is 9.15 Å². The van der Waals surface area contributed by atoms with Crippen LogP contribution in [0.25, 0.3) is 78.5 Å². The topological polar surface area (TPSA) is 73.1 Å². The Balaban J connectivity index is 0.962. The van der Waals surface area contributed by atoms with Crippen LogP contribution in [0.1, 0.15) is 5.56 Å². The summed E-state index contributed by atoms with van der Waals surface area (Å²) in [6.07, 6.45) is 8.45. The van der Waals surface area contributed by atoms with Gasteiger partial charge in [0.05, 0.1) is 11.8 Å². The van der Waals surface area contributed by atoms with Crippen molar-refractivity contribution in [2.75, 3.05) is 0 Å². The van der Waals surface area contributed by atoms with Crippen LogP contribution in [-0.2, 0) is 4.74 Å². The molecule has 3 aliphatic rings. The molecule has 8 aromatic rings. The number of fused-ring (bicyclic) bond motifs is 7. The van der Waals surface area contributed by atoms with Gasteiger partial charge in [0, 0.05) is 38.6 Å². The second-order valence-corrected chi connectivity index (χ2v) is 13.9. The van der Waals surface area contributed by atoms with Crippen LogP contribution in [0.3, 0.4) is 0 Å². The van der Waals surface area contributed by atoms with Gasteiger partial charge < -0.3 is 14.5 Å². The fourth-order valence-electron chi connectivity index (χ4n) is 8.09. The molecular weight excluding hydrogens is 665 g/mol. The summed E-state index contributed by atoms with van der Waals surface area (Å²) in [5, 5.41) is 8.39. The van der Waals surface area contributed by atoms with Gasteiger partial charge >= 0.3 is 0 Å². The minimum Gasteiger partial charge on any atom is -0.456 e. The first-order valence-corrected chi connectivity index (χ1v) is 18.3. The van der Waals surface area contributed by atoms with Crippen molar-refractivity contribution in [2.24, 2.45) is 5.92 Å². The highest BCUT2D eigenvalue weighted by Crippen LogP contribution is 2.37. The summed E-state index contributed by atoms with van der Waals surface area (Å²) in [5.41, 5.74) is 10.2. The molecule has 0 saturated carbocycles. The number of benzene rings is 6. The largest absolute Gasteiger partial charge is 0.456 e. The van der Waals surface area contributed by atoms with Gasteiger partial charge in [-0.1, -0.05) is 152 Å². The number of nitrogens with one attached hydrogen (secondary N) is 1. The molecule has 54 heavy (non-hydrogen) atoms. The number of allylic oxidation sites excluding steroid dienone is 2. The van der Waals surface area contributed by atoms with Gasteiger partial charge in [0.2, 0.25) is 0 Å². The maximum Gasteiger partial charge on any atom is 0.164 e. The number of aromatic nitrogens is 3. The van der Waals surface area contributed by atoms with Crippen molar-refractivity contribution in [2.45, 2.75) is 12.3 Å². The third-order valence-corrected chi connectivity index (χ3v) is 10.8. The third-order valence-electron chi connectivity index (χ3n) is 10.8. The van der Waals surface area contributed by atoms with Crippen LogP contribution >= 0.6 is 0 Å². The number of hydrogen-bond acceptors (Lipinski definition) is 6. The van der Waals surface area contributed by atoms with Gasteiger partial charge in [0.1, 0.15) is 11.2 Å². The second-order valence-electron chi connectivity index (χ2n) is 13.9. The van der Waals surface area contributed by atoms with Crippen molar-refractivity contribution in [1.82, 2.24) is 20.3 Å². The molecule has 3 unspecified atom stereocenters. The molecule has 0 radical (unpaired) electrons. The van der Waals surface area contributed by atoms with E-state index < -0.39 is 0 Å². The van der Waals surface area contributed by atoms with Crippen LogP contribution in [0.5, 0.6) is 0 Å². The molecule has 4 heterocycles. The van der Waals surface area contributed by atoms with Gasteiger partial charge in [0.15, 0.2) is 23.7 Å². The smallest absolute Gasteiger partial charge is 0.164 e. The van der Waals surface area contributed by atoms with Crippen molar-refractivity contribution in [3.8, 4) is 45.3 Å². The Labute approximate surface area is 311 Å². The van der Waals surface area contributed by atoms with Gasteiger partial charge in [-0.05, 0) is 45.7 Å². The molecule has 11 rings (SSSR count). The van der Waals surface area contributed by atoms with E-state index in [0.29, 0.717) is 17.5 Å². The molecule has 2 aromatic heterocycles. The van der Waals surface area contributed by atoms with Crippen molar-refractivity contribution in [3.05, 3.63) is 186 Å². The number of furan rings is 1. The number of rotatable bonds is 5. The minimum absolute atomic E-state index is 0.0394. The Bertz CT molecular complexity index is 2950. The standard InChI is InChI=1S/C48H32N4O2/c1-2-10-31(11-3-1)45-50-46(32-22-18-29(19-23-32)34-26-27-42-39(28-34)35-12-6-8-16-40(35)53-42)52-47(51-45)33-24-20-30(21-25-33)44-37-14-5-4-13-36(37)43-38-15-7-9-17-41(38)54-48(43)49-44/h1-28,38,41,48-49H. The number of hydrogen-bond donors (Lipinski definition) is 1. The summed E-state index contributed by atoms with van der Waals surface area (Å²) < 4.78 is 12.6. The molecule has 2 aliphatic heterocycles. The lowest BCUT2D eigenvalue weighted by Gasteiger charge is -2.24. The van der Waals surface area contributed by atoms with Crippen LogP contribution in [0, 0.1) is 5.92 Å². The highest BCUT2D eigenvalue weighted by Gasteiger charge is 2.40. The van der Waals surface area contributed by atoms with E-state index in [0.717, 1.165) is 61.0 Å². The molecule has 6 aromatic carbocycles. The molecule has 0 bridgehead atoms. The van der Waals surface area contributed by atoms with E-state index in [9.17, 15) is 0 Å². The zero-order valence-electron chi connectivity index (χ0n) is 29.1. The third kappa shape index (κ3) is 5.11. The Morgan fingerprint density at radius 2 is 1.04 bits per heavy atom. The monoisotopic (exact) mass is 696 g/mol. The zero-order chi connectivity index (χ0) is 35.6. The van der Waals surface area contributed by atoms with E-state index in [4.69, 9.17) is 24.1 Å². The zero-order valence-corrected chi connectivity index (χ0v) is 29.1. The first kappa shape index (κ1) is 30.7. The molecule has 3 atom stereocenters. The van der Waals surface area contributed by atoms with Crippen molar-refractivity contribution in [3.63, 3.8) is 0 Å². The lowest BCUT2D eigenvalue weighted by molar-refractivity contribution is 0.0655. The van der Waals surface area contributed by atoms with Crippen LogP contribution in [0.15, 0.2) is 174 Å². The molecule has 1 fully saturated rings. The SMILES string of the molecule is C1=CC2OC3NC(c4ccc(-c5nc(-c6ccccc6)nc(-c6ccc(-c7ccc8oc9ccccc9c8c7)cc6)n5)cc4)=c4ccccc4=C3C2C=C1. The summed E-state index contributed by atoms with van der Waals surface area (Å²) in [6.45, 7) is 0. The predicted octanol–water partition coefficient (Wildman–Crippen LogP) is 8.82. The minimum atomic E-state index is -0.184. The second kappa shape index (κ2) is 12.4. The first-order chi connectivity index (χ1) is 26.7. The summed E-state index contributed by atoms with van der Waals surface area (Å²) in [6, 6.07) is 50.1. The van der Waals surface area contributed by atoms with E-state index in [1.165, 1.54) is 16.0 Å². The van der Waals surface area contributed by atoms with Gasteiger partial charge in [-0.25, -0.2) is 15.0 Å². The summed E-state index contributed by atoms with van der Waals surface area (Å²) in [7, 11) is 0. The average molecular weight is 697 g/mol. The van der Waals surface area contributed by atoms with Crippen LogP contribution in [0.4, 0.5) is 0 Å². The van der Waals surface area contributed by atoms with E-state index >= 15 is 0 Å². The highest BCUT2D eigenvalue weighted by atomic mass is 16.5. The molecule has 1 aliphatic carbocycles. The van der Waals surface area contributed by atoms with Crippen molar-refractivity contribution in [1.29, 1.82) is 0 Å². The van der Waals surface area contributed by atoms with Gasteiger partial charge in [-0.2, -0.15) is 0 Å². The average Bonchev–Trinajstić information content (AvgIpc) is 3.82. The molecule has 1 saturated heterocycles. The van der Waals surface area contributed by atoms with Crippen LogP contribution in [0.2, 0.25) is 0 Å². The van der Waals surface area contributed by atoms with E-state index in [2.05, 4.69) is 127 Å². The maximum absolute atomic E-state index is 6.51. The first-order valence-electron chi connectivity index (χ1n) is 18.3. The Morgan fingerprint density at radius 1 is 0.463 bits per heavy atom. The Morgan fingerprint density at radius 3 is 1.80 bits per heavy atom. The number of para-hydroxylation sites is 1. The Hall–Kier alpha value is -6.89. The van der Waals surface area contributed by atoms with E-state index in [1.54, 1.807) is 0 Å². The molecule has 6 heteroatoms. The Kier molecular flexibility index (Phi) is 7.03. The summed E-state index contributed by atoms with van der Waals surface area (Å²) in [4.78, 5) is 15.0. The van der Waals surface area contributed by atoms with E-state index in [-0.39, 0.29) is 18.2 Å². The van der Waals surface area contributed by atoms with Crippen LogP contribution in [-0.4, -0.2) is 27.3 Å². The quantitative estimate of drug-likeness (QED) is 0.194. The maximum atomic E-state index is 6.51. The number of nitrogens with zero attached hydrogens (tertiary/aromatic N) is 3. The molecule has 1 N–H and O–H groups in total. The highest BCUT2D eigenvalue weighted by molar-refractivity contribution is 6.06. The predicted molar refractivity (Wildman–Crippen MR) is 214 cm³/mol. The van der Waals surface area contributed by atoms with Crippen molar-refractivity contribution >= 4 is 33.2 Å². The fourth-order valence-corrected chi connectivity index (χ4v) is 8.09. The summed E-state index contributed by atoms with van der Waals surface area (Å²) in [5.74, 6) is 2.10. The molecule has 256 valence electrons.